The van der Waals surface area contributed by atoms with Crippen molar-refractivity contribution >= 4 is 5.97 Å². The molecule has 0 radical (unpaired) electrons. The first-order chi connectivity index (χ1) is 8.70. The Bertz CT molecular complexity index is 423. The van der Waals surface area contributed by atoms with Crippen LogP contribution in [0.2, 0.25) is 0 Å². The number of rotatable bonds is 5. The Kier molecular flexibility index (Phi) is 4.17. The maximum atomic E-state index is 10.9. The number of benzene rings is 1. The minimum Gasteiger partial charge on any atom is -0.496 e. The van der Waals surface area contributed by atoms with Gasteiger partial charge in [0, 0.05) is 12.2 Å². The molecule has 0 aromatic heterocycles. The smallest absolute Gasteiger partial charge is 0.335 e. The predicted molar refractivity (Wildman–Crippen MR) is 64.0 cm³/mol. The molecule has 1 aliphatic heterocycles. The van der Waals surface area contributed by atoms with Crippen LogP contribution in [-0.2, 0) is 16.1 Å². The zero-order chi connectivity index (χ0) is 13.0. The molecule has 1 aromatic carbocycles. The summed E-state index contributed by atoms with van der Waals surface area (Å²) in [5.74, 6) is -0.318. The molecular weight excluding hydrogens is 236 g/mol. The lowest BCUT2D eigenvalue weighted by molar-refractivity contribution is 0.0308. The van der Waals surface area contributed by atoms with Crippen LogP contribution in [-0.4, -0.2) is 37.5 Å². The Morgan fingerprint density at radius 3 is 3.00 bits per heavy atom. The van der Waals surface area contributed by atoms with Crippen LogP contribution >= 0.6 is 0 Å². The van der Waals surface area contributed by atoms with E-state index in [9.17, 15) is 4.79 Å². The quantitative estimate of drug-likeness (QED) is 0.864. The van der Waals surface area contributed by atoms with Crippen molar-refractivity contribution in [3.05, 3.63) is 29.3 Å². The molecule has 1 N–H and O–H groups in total. The average Bonchev–Trinajstić information content (AvgIpc) is 2.89. The van der Waals surface area contributed by atoms with Crippen molar-refractivity contribution in [1.82, 2.24) is 0 Å². The molecule has 0 bridgehead atoms. The highest BCUT2D eigenvalue weighted by Crippen LogP contribution is 2.22. The lowest BCUT2D eigenvalue weighted by Crippen LogP contribution is -2.12. The fourth-order valence-electron chi connectivity index (χ4n) is 1.88. The van der Waals surface area contributed by atoms with Gasteiger partial charge in [-0.3, -0.25) is 0 Å². The molecule has 2 rings (SSSR count). The highest BCUT2D eigenvalue weighted by atomic mass is 16.5. The van der Waals surface area contributed by atoms with Crippen molar-refractivity contribution in [3.8, 4) is 5.75 Å². The second-order valence-corrected chi connectivity index (χ2v) is 4.13. The van der Waals surface area contributed by atoms with Crippen LogP contribution in [0.3, 0.4) is 0 Å². The summed E-state index contributed by atoms with van der Waals surface area (Å²) in [5.41, 5.74) is 0.973. The molecule has 1 unspecified atom stereocenters. The van der Waals surface area contributed by atoms with E-state index in [-0.39, 0.29) is 11.7 Å². The SMILES string of the molecule is COc1ccc(C(=O)O)cc1COC1CCOC1. The van der Waals surface area contributed by atoms with Gasteiger partial charge in [-0.1, -0.05) is 0 Å². The van der Waals surface area contributed by atoms with Gasteiger partial charge >= 0.3 is 5.97 Å². The summed E-state index contributed by atoms with van der Waals surface area (Å²) >= 11 is 0. The molecule has 1 heterocycles. The van der Waals surface area contributed by atoms with E-state index in [4.69, 9.17) is 19.3 Å². The van der Waals surface area contributed by atoms with Gasteiger partial charge in [0.25, 0.3) is 0 Å². The second kappa shape index (κ2) is 5.84. The number of hydrogen-bond donors (Lipinski definition) is 1. The zero-order valence-electron chi connectivity index (χ0n) is 10.2. The van der Waals surface area contributed by atoms with E-state index in [2.05, 4.69) is 0 Å². The van der Waals surface area contributed by atoms with Crippen molar-refractivity contribution in [2.24, 2.45) is 0 Å². The molecule has 18 heavy (non-hydrogen) atoms. The summed E-state index contributed by atoms with van der Waals surface area (Å²) in [7, 11) is 1.55. The van der Waals surface area contributed by atoms with Crippen LogP contribution < -0.4 is 4.74 Å². The Morgan fingerprint density at radius 2 is 2.39 bits per heavy atom. The van der Waals surface area contributed by atoms with Crippen LogP contribution in [0, 0.1) is 0 Å². The normalized spacial score (nSPS) is 18.8. The summed E-state index contributed by atoms with van der Waals surface area (Å²) in [6.45, 7) is 1.65. The van der Waals surface area contributed by atoms with Gasteiger partial charge in [-0.2, -0.15) is 0 Å². The molecule has 0 spiro atoms. The maximum absolute atomic E-state index is 10.9. The molecular formula is C13H16O5. The Balaban J connectivity index is 2.08. The van der Waals surface area contributed by atoms with E-state index in [0.717, 1.165) is 18.6 Å². The first-order valence-corrected chi connectivity index (χ1v) is 5.80. The molecule has 0 amide bonds. The third-order valence-corrected chi connectivity index (χ3v) is 2.89. The molecule has 1 aliphatic rings. The van der Waals surface area contributed by atoms with Gasteiger partial charge in [-0.05, 0) is 24.6 Å². The van der Waals surface area contributed by atoms with Crippen LogP contribution in [0.5, 0.6) is 5.75 Å². The molecule has 0 aliphatic carbocycles. The van der Waals surface area contributed by atoms with Crippen molar-refractivity contribution < 1.29 is 24.1 Å². The number of carboxylic acids is 1. The van der Waals surface area contributed by atoms with E-state index in [0.29, 0.717) is 19.0 Å². The molecule has 1 aromatic rings. The van der Waals surface area contributed by atoms with Crippen molar-refractivity contribution in [3.63, 3.8) is 0 Å². The van der Waals surface area contributed by atoms with Crippen molar-refractivity contribution in [2.75, 3.05) is 20.3 Å². The van der Waals surface area contributed by atoms with Crippen molar-refractivity contribution in [1.29, 1.82) is 0 Å². The zero-order valence-corrected chi connectivity index (χ0v) is 10.2. The summed E-state index contributed by atoms with van der Waals surface area (Å²) in [5, 5.41) is 8.95. The Labute approximate surface area is 105 Å². The summed E-state index contributed by atoms with van der Waals surface area (Å²) in [4.78, 5) is 10.9. The van der Waals surface area contributed by atoms with E-state index < -0.39 is 5.97 Å². The van der Waals surface area contributed by atoms with Gasteiger partial charge in [0.1, 0.15) is 5.75 Å². The first kappa shape index (κ1) is 12.9. The minimum absolute atomic E-state index is 0.0863. The maximum Gasteiger partial charge on any atom is 0.335 e. The molecule has 98 valence electrons. The minimum atomic E-state index is -0.955. The fraction of sp³-hybridized carbons (Fsp3) is 0.462. The first-order valence-electron chi connectivity index (χ1n) is 5.80. The molecule has 1 atom stereocenters. The van der Waals surface area contributed by atoms with Gasteiger partial charge in [0.05, 0.1) is 32.0 Å². The third-order valence-electron chi connectivity index (χ3n) is 2.89. The summed E-state index contributed by atoms with van der Waals surface area (Å²) in [6.07, 6.45) is 0.962. The molecule has 5 nitrogen and oxygen atoms in total. The molecule has 1 saturated heterocycles. The summed E-state index contributed by atoms with van der Waals surface area (Å²) < 4.78 is 16.1. The van der Waals surface area contributed by atoms with Gasteiger partial charge < -0.3 is 19.3 Å². The van der Waals surface area contributed by atoms with Gasteiger partial charge in [-0.25, -0.2) is 4.79 Å². The fourth-order valence-corrected chi connectivity index (χ4v) is 1.88. The van der Waals surface area contributed by atoms with Crippen LogP contribution in [0.1, 0.15) is 22.3 Å². The summed E-state index contributed by atoms with van der Waals surface area (Å²) in [6, 6.07) is 4.74. The van der Waals surface area contributed by atoms with Crippen LogP contribution in [0.15, 0.2) is 18.2 Å². The molecule has 5 heteroatoms. The van der Waals surface area contributed by atoms with E-state index in [1.54, 1.807) is 19.2 Å². The number of aromatic carboxylic acids is 1. The number of ether oxygens (including phenoxy) is 3. The van der Waals surface area contributed by atoms with E-state index >= 15 is 0 Å². The number of methoxy groups -OCH3 is 1. The predicted octanol–water partition coefficient (Wildman–Crippen LogP) is 1.70. The van der Waals surface area contributed by atoms with E-state index in [1.165, 1.54) is 6.07 Å². The van der Waals surface area contributed by atoms with Crippen LogP contribution in [0.4, 0.5) is 0 Å². The Morgan fingerprint density at radius 1 is 1.56 bits per heavy atom. The monoisotopic (exact) mass is 252 g/mol. The standard InChI is InChI=1S/C13H16O5/c1-16-12-3-2-9(13(14)15)6-10(12)7-18-11-4-5-17-8-11/h2-3,6,11H,4-5,7-8H2,1H3,(H,14,15). The van der Waals surface area contributed by atoms with Gasteiger partial charge in [0.15, 0.2) is 0 Å². The lowest BCUT2D eigenvalue weighted by Gasteiger charge is -2.13. The van der Waals surface area contributed by atoms with E-state index in [1.807, 2.05) is 0 Å². The third kappa shape index (κ3) is 3.00. The number of hydrogen-bond acceptors (Lipinski definition) is 4. The molecule has 0 saturated carbocycles. The largest absolute Gasteiger partial charge is 0.496 e. The number of carbonyl (C=O) groups is 1. The number of carboxylic acid groups (broad SMARTS) is 1. The van der Waals surface area contributed by atoms with Crippen molar-refractivity contribution in [2.45, 2.75) is 19.1 Å². The highest BCUT2D eigenvalue weighted by molar-refractivity contribution is 5.88. The average molecular weight is 252 g/mol. The molecule has 1 fully saturated rings. The van der Waals surface area contributed by atoms with Gasteiger partial charge in [0.2, 0.25) is 0 Å². The van der Waals surface area contributed by atoms with Gasteiger partial charge in [-0.15, -0.1) is 0 Å². The lowest BCUT2D eigenvalue weighted by atomic mass is 10.1. The van der Waals surface area contributed by atoms with Crippen LogP contribution in [0.25, 0.3) is 0 Å². The second-order valence-electron chi connectivity index (χ2n) is 4.13. The Hall–Kier alpha value is -1.59. The highest BCUT2D eigenvalue weighted by Gasteiger charge is 2.17. The topological polar surface area (TPSA) is 65.0 Å².